The quantitative estimate of drug-likeness (QED) is 0.854. The van der Waals surface area contributed by atoms with Gasteiger partial charge in [-0.1, -0.05) is 35.3 Å². The fraction of sp³-hybridized carbons (Fsp3) is 0.267. The largest absolute Gasteiger partial charge is 0.479 e. The van der Waals surface area contributed by atoms with Crippen molar-refractivity contribution in [2.75, 3.05) is 6.54 Å². The molecule has 0 spiro atoms. The number of hydrogen-bond donors (Lipinski definition) is 1. The van der Waals surface area contributed by atoms with Gasteiger partial charge in [-0.2, -0.15) is 0 Å². The van der Waals surface area contributed by atoms with E-state index in [0.717, 1.165) is 6.42 Å². The van der Waals surface area contributed by atoms with Gasteiger partial charge in [-0.15, -0.1) is 11.3 Å². The summed E-state index contributed by atoms with van der Waals surface area (Å²) in [5.41, 5.74) is 0. The van der Waals surface area contributed by atoms with Gasteiger partial charge in [-0.25, -0.2) is 0 Å². The monoisotopic (exact) mass is 343 g/mol. The molecule has 2 aromatic rings. The van der Waals surface area contributed by atoms with E-state index < -0.39 is 6.10 Å². The molecule has 1 aromatic carbocycles. The van der Waals surface area contributed by atoms with Gasteiger partial charge in [0.2, 0.25) is 0 Å². The van der Waals surface area contributed by atoms with Gasteiger partial charge < -0.3 is 10.1 Å². The smallest absolute Gasteiger partial charge is 0.260 e. The Morgan fingerprint density at radius 2 is 2.14 bits per heavy atom. The predicted molar refractivity (Wildman–Crippen MR) is 87.6 cm³/mol. The molecule has 1 atom stereocenters. The normalized spacial score (nSPS) is 12.0. The number of nitrogens with one attached hydrogen (secondary N) is 1. The summed E-state index contributed by atoms with van der Waals surface area (Å²) in [6.45, 7) is 2.26. The number of ether oxygens (including phenoxy) is 1. The molecule has 2 rings (SSSR count). The maximum absolute atomic E-state index is 12.0. The standard InChI is InChI=1S/C15H15Cl2NO2S/c1-10(20-13-6-2-5-12(16)14(13)17)15(19)18-8-7-11-4-3-9-21-11/h2-6,9-10H,7-8H2,1H3,(H,18,19)/t10-/m0/s1. The minimum atomic E-state index is -0.635. The molecule has 3 nitrogen and oxygen atoms in total. The number of halogens is 2. The number of carbonyl (C=O) groups is 1. The second-order valence-corrected chi connectivity index (χ2v) is 6.25. The maximum Gasteiger partial charge on any atom is 0.260 e. The molecule has 0 aliphatic carbocycles. The lowest BCUT2D eigenvalue weighted by Crippen LogP contribution is -2.37. The first-order valence-electron chi connectivity index (χ1n) is 6.48. The van der Waals surface area contributed by atoms with Crippen LogP contribution in [0, 0.1) is 0 Å². The molecule has 21 heavy (non-hydrogen) atoms. The van der Waals surface area contributed by atoms with Crippen LogP contribution in [0.5, 0.6) is 5.75 Å². The van der Waals surface area contributed by atoms with E-state index >= 15 is 0 Å². The first kappa shape index (κ1) is 16.1. The number of carbonyl (C=O) groups excluding carboxylic acids is 1. The summed E-state index contributed by atoms with van der Waals surface area (Å²) in [7, 11) is 0. The topological polar surface area (TPSA) is 38.3 Å². The molecule has 1 heterocycles. The van der Waals surface area contributed by atoms with Crippen LogP contribution in [0.25, 0.3) is 0 Å². The molecule has 0 aliphatic rings. The highest BCUT2D eigenvalue weighted by Gasteiger charge is 2.16. The van der Waals surface area contributed by atoms with Gasteiger partial charge in [0.1, 0.15) is 10.8 Å². The molecule has 1 aromatic heterocycles. The lowest BCUT2D eigenvalue weighted by atomic mass is 10.3. The van der Waals surface area contributed by atoms with Crippen LogP contribution in [0.4, 0.5) is 0 Å². The van der Waals surface area contributed by atoms with Gasteiger partial charge in [0, 0.05) is 11.4 Å². The van der Waals surface area contributed by atoms with Crippen LogP contribution in [0.15, 0.2) is 35.7 Å². The Balaban J connectivity index is 1.83. The van der Waals surface area contributed by atoms with Crippen molar-refractivity contribution in [3.63, 3.8) is 0 Å². The lowest BCUT2D eigenvalue weighted by Gasteiger charge is -2.15. The number of amides is 1. The van der Waals surface area contributed by atoms with E-state index in [2.05, 4.69) is 5.32 Å². The Bertz CT molecular complexity index is 602. The summed E-state index contributed by atoms with van der Waals surface area (Å²) in [4.78, 5) is 13.2. The molecule has 1 amide bonds. The summed E-state index contributed by atoms with van der Waals surface area (Å²) in [6, 6.07) is 9.12. The highest BCUT2D eigenvalue weighted by Crippen LogP contribution is 2.32. The van der Waals surface area contributed by atoms with E-state index in [1.807, 2.05) is 17.5 Å². The second-order valence-electron chi connectivity index (χ2n) is 4.43. The zero-order chi connectivity index (χ0) is 15.2. The van der Waals surface area contributed by atoms with Crippen molar-refractivity contribution in [1.29, 1.82) is 0 Å². The summed E-state index contributed by atoms with van der Waals surface area (Å²) in [6.07, 6.45) is 0.179. The number of hydrogen-bond acceptors (Lipinski definition) is 3. The van der Waals surface area contributed by atoms with E-state index in [4.69, 9.17) is 27.9 Å². The van der Waals surface area contributed by atoms with Crippen LogP contribution in [0.2, 0.25) is 10.0 Å². The third kappa shape index (κ3) is 4.63. The molecule has 0 unspecified atom stereocenters. The number of benzene rings is 1. The summed E-state index contributed by atoms with van der Waals surface area (Å²) >= 11 is 13.6. The van der Waals surface area contributed by atoms with Gasteiger partial charge in [0.25, 0.3) is 5.91 Å². The van der Waals surface area contributed by atoms with E-state index in [9.17, 15) is 4.79 Å². The van der Waals surface area contributed by atoms with E-state index in [1.54, 1.807) is 36.5 Å². The van der Waals surface area contributed by atoms with Crippen LogP contribution in [0.3, 0.4) is 0 Å². The van der Waals surface area contributed by atoms with Crippen molar-refractivity contribution in [2.24, 2.45) is 0 Å². The molecule has 0 saturated heterocycles. The Labute approximate surface area is 137 Å². The van der Waals surface area contributed by atoms with E-state index in [1.165, 1.54) is 4.88 Å². The van der Waals surface area contributed by atoms with E-state index in [-0.39, 0.29) is 5.91 Å². The van der Waals surface area contributed by atoms with Gasteiger partial charge in [-0.05, 0) is 36.9 Å². The van der Waals surface area contributed by atoms with Crippen molar-refractivity contribution in [1.82, 2.24) is 5.32 Å². The Hall–Kier alpha value is -1.23. The Morgan fingerprint density at radius 3 is 2.86 bits per heavy atom. The minimum absolute atomic E-state index is 0.178. The van der Waals surface area contributed by atoms with Crippen molar-refractivity contribution >= 4 is 40.4 Å². The van der Waals surface area contributed by atoms with Gasteiger partial charge in [-0.3, -0.25) is 4.79 Å². The van der Waals surface area contributed by atoms with Crippen LogP contribution < -0.4 is 10.1 Å². The third-order valence-corrected chi connectivity index (χ3v) is 4.58. The molecule has 0 aliphatic heterocycles. The Kier molecular flexibility index (Phi) is 5.91. The van der Waals surface area contributed by atoms with Crippen molar-refractivity contribution in [2.45, 2.75) is 19.4 Å². The highest BCUT2D eigenvalue weighted by molar-refractivity contribution is 7.09. The zero-order valence-electron chi connectivity index (χ0n) is 11.4. The van der Waals surface area contributed by atoms with Gasteiger partial charge in [0.05, 0.1) is 5.02 Å². The molecule has 0 radical (unpaired) electrons. The molecule has 0 fully saturated rings. The first-order chi connectivity index (χ1) is 10.1. The maximum atomic E-state index is 12.0. The summed E-state index contributed by atoms with van der Waals surface area (Å²) in [5, 5.41) is 5.58. The summed E-state index contributed by atoms with van der Waals surface area (Å²) in [5.74, 6) is 0.229. The third-order valence-electron chi connectivity index (χ3n) is 2.84. The van der Waals surface area contributed by atoms with Gasteiger partial charge >= 0.3 is 0 Å². The average Bonchev–Trinajstić information content (AvgIpc) is 2.97. The zero-order valence-corrected chi connectivity index (χ0v) is 13.8. The van der Waals surface area contributed by atoms with Crippen LogP contribution >= 0.6 is 34.5 Å². The molecular formula is C15H15Cl2NO2S. The Morgan fingerprint density at radius 1 is 1.33 bits per heavy atom. The fourth-order valence-corrected chi connectivity index (χ4v) is 2.77. The SMILES string of the molecule is C[C@H](Oc1cccc(Cl)c1Cl)C(=O)NCCc1cccs1. The lowest BCUT2D eigenvalue weighted by molar-refractivity contribution is -0.127. The molecule has 0 saturated carbocycles. The number of rotatable bonds is 6. The molecular weight excluding hydrogens is 329 g/mol. The molecule has 112 valence electrons. The van der Waals surface area contributed by atoms with Crippen LogP contribution in [0.1, 0.15) is 11.8 Å². The first-order valence-corrected chi connectivity index (χ1v) is 8.12. The molecule has 0 bridgehead atoms. The number of thiophene rings is 1. The van der Waals surface area contributed by atoms with E-state index in [0.29, 0.717) is 22.3 Å². The predicted octanol–water partition coefficient (Wildman–Crippen LogP) is 4.18. The second kappa shape index (κ2) is 7.69. The van der Waals surface area contributed by atoms with Crippen molar-refractivity contribution in [3.8, 4) is 5.75 Å². The average molecular weight is 344 g/mol. The minimum Gasteiger partial charge on any atom is -0.479 e. The van der Waals surface area contributed by atoms with Crippen LogP contribution in [-0.2, 0) is 11.2 Å². The molecule has 6 heteroatoms. The highest BCUT2D eigenvalue weighted by atomic mass is 35.5. The summed E-state index contributed by atoms with van der Waals surface area (Å²) < 4.78 is 5.55. The van der Waals surface area contributed by atoms with Crippen molar-refractivity contribution < 1.29 is 9.53 Å². The fourth-order valence-electron chi connectivity index (χ4n) is 1.73. The van der Waals surface area contributed by atoms with Crippen molar-refractivity contribution in [3.05, 3.63) is 50.6 Å². The molecule has 1 N–H and O–H groups in total. The van der Waals surface area contributed by atoms with Gasteiger partial charge in [0.15, 0.2) is 6.10 Å². The van der Waals surface area contributed by atoms with Crippen LogP contribution in [-0.4, -0.2) is 18.6 Å².